The van der Waals surface area contributed by atoms with E-state index in [9.17, 15) is 28.1 Å². The second-order valence-electron chi connectivity index (χ2n) is 3.63. The lowest BCUT2D eigenvalue weighted by Crippen LogP contribution is -2.17. The summed E-state index contributed by atoms with van der Waals surface area (Å²) in [5.74, 6) is -3.92. The Labute approximate surface area is 120 Å². The van der Waals surface area contributed by atoms with E-state index in [0.717, 1.165) is 19.2 Å². The van der Waals surface area contributed by atoms with Crippen molar-refractivity contribution in [2.24, 2.45) is 10.2 Å². The van der Waals surface area contributed by atoms with Crippen LogP contribution in [0.25, 0.3) is 0 Å². The van der Waals surface area contributed by atoms with Crippen LogP contribution in [0.5, 0.6) is 0 Å². The molecule has 1 rings (SSSR count). The van der Waals surface area contributed by atoms with Crippen LogP contribution in [0.1, 0.15) is 0 Å². The first-order valence-electron chi connectivity index (χ1n) is 5.42. The lowest BCUT2D eigenvalue weighted by Gasteiger charge is -2.07. The third-order valence-corrected chi connectivity index (χ3v) is 2.21. The van der Waals surface area contributed by atoms with Crippen molar-refractivity contribution in [3.8, 4) is 0 Å². The fraction of sp³-hybridized carbons (Fsp3) is 0.182. The minimum Gasteiger partial charge on any atom is -0.502 e. The minimum absolute atomic E-state index is 0.399. The number of ether oxygens (including phenoxy) is 1. The molecular weight excluding hydrogens is 311 g/mol. The van der Waals surface area contributed by atoms with E-state index in [1.54, 1.807) is 0 Å². The zero-order valence-electron chi connectivity index (χ0n) is 10.9. The average Bonchev–Trinajstić information content (AvgIpc) is 2.46. The summed E-state index contributed by atoms with van der Waals surface area (Å²) in [5, 5.41) is 25.8. The molecule has 0 aliphatic carbocycles. The van der Waals surface area contributed by atoms with Crippen molar-refractivity contribution in [2.75, 3.05) is 7.11 Å². The molecule has 0 aromatic heterocycles. The van der Waals surface area contributed by atoms with Crippen LogP contribution in [0.2, 0.25) is 0 Å². The highest BCUT2D eigenvalue weighted by atomic mass is 19.4. The number of methoxy groups -OCH3 is 1. The van der Waals surface area contributed by atoms with Crippen LogP contribution in [-0.4, -0.2) is 29.3 Å². The molecule has 1 N–H and O–H groups in total. The lowest BCUT2D eigenvalue weighted by atomic mass is 10.3. The molecular formula is C11H8F3N3O5. The van der Waals surface area contributed by atoms with Gasteiger partial charge in [-0.3, -0.25) is 10.1 Å². The largest absolute Gasteiger partial charge is 0.502 e. The summed E-state index contributed by atoms with van der Waals surface area (Å²) in [6.07, 6.45) is -5.26. The highest BCUT2D eigenvalue weighted by molar-refractivity contribution is 5.88. The number of benzene rings is 1. The van der Waals surface area contributed by atoms with Gasteiger partial charge in [-0.15, -0.1) is 10.2 Å². The summed E-state index contributed by atoms with van der Waals surface area (Å²) in [6.45, 7) is 0. The van der Waals surface area contributed by atoms with Gasteiger partial charge in [0.2, 0.25) is 11.5 Å². The Kier molecular flexibility index (Phi) is 5.16. The Bertz CT molecular complexity index is 655. The summed E-state index contributed by atoms with van der Waals surface area (Å²) in [5.41, 5.74) is -2.46. The maximum Gasteiger partial charge on any atom is 0.451 e. The van der Waals surface area contributed by atoms with E-state index in [4.69, 9.17) is 5.11 Å². The van der Waals surface area contributed by atoms with Crippen molar-refractivity contribution in [3.63, 3.8) is 0 Å². The molecule has 0 radical (unpaired) electrons. The summed E-state index contributed by atoms with van der Waals surface area (Å²) in [4.78, 5) is 21.1. The number of carbonyl (C=O) groups excluding carboxylic acids is 1. The van der Waals surface area contributed by atoms with E-state index >= 15 is 0 Å². The van der Waals surface area contributed by atoms with Crippen molar-refractivity contribution in [3.05, 3.63) is 45.8 Å². The summed E-state index contributed by atoms with van der Waals surface area (Å²) >= 11 is 0. The second-order valence-corrected chi connectivity index (χ2v) is 3.63. The quantitative estimate of drug-likeness (QED) is 0.228. The molecule has 0 unspecified atom stereocenters. The number of aliphatic hydroxyl groups is 1. The molecule has 0 aliphatic heterocycles. The van der Waals surface area contributed by atoms with Crippen LogP contribution < -0.4 is 0 Å². The van der Waals surface area contributed by atoms with Gasteiger partial charge < -0.3 is 9.84 Å². The van der Waals surface area contributed by atoms with Crippen LogP contribution in [0, 0.1) is 10.1 Å². The number of nitrogens with zero attached hydrogens (tertiary/aromatic N) is 3. The molecule has 0 aliphatic rings. The third-order valence-electron chi connectivity index (χ3n) is 2.21. The average molecular weight is 319 g/mol. The van der Waals surface area contributed by atoms with Gasteiger partial charge in [0.25, 0.3) is 5.69 Å². The zero-order valence-corrected chi connectivity index (χ0v) is 10.9. The molecule has 0 saturated heterocycles. The van der Waals surface area contributed by atoms with Crippen molar-refractivity contribution in [1.29, 1.82) is 0 Å². The number of hydrogen-bond donors (Lipinski definition) is 1. The van der Waals surface area contributed by atoms with E-state index in [1.165, 1.54) is 12.1 Å². The monoisotopic (exact) mass is 319 g/mol. The van der Waals surface area contributed by atoms with Crippen molar-refractivity contribution < 1.29 is 32.7 Å². The molecule has 0 saturated carbocycles. The Hall–Kier alpha value is -2.98. The number of allylic oxidation sites excluding steroid dienone is 1. The van der Waals surface area contributed by atoms with Crippen molar-refractivity contribution in [2.45, 2.75) is 6.18 Å². The molecule has 0 fully saturated rings. The van der Waals surface area contributed by atoms with Crippen molar-refractivity contribution in [1.82, 2.24) is 0 Å². The number of alkyl halides is 3. The van der Waals surface area contributed by atoms with E-state index < -0.39 is 39.9 Å². The van der Waals surface area contributed by atoms with Crippen LogP contribution in [0.4, 0.5) is 24.5 Å². The van der Waals surface area contributed by atoms with Gasteiger partial charge in [0.15, 0.2) is 5.69 Å². The highest BCUT2D eigenvalue weighted by Gasteiger charge is 2.39. The molecule has 0 heterocycles. The van der Waals surface area contributed by atoms with E-state index in [0.29, 0.717) is 0 Å². The number of nitro benzene ring substituents is 1. The summed E-state index contributed by atoms with van der Waals surface area (Å²) in [6, 6.07) is 4.77. The standard InChI is InChI=1S/C11H8F3N3O5/c1-22-10(19)8(9(18)11(12,13)14)16-15-6-4-2-3-5-7(6)17(20)21/h2-5,18H,1H3. The van der Waals surface area contributed by atoms with Crippen LogP contribution in [0.15, 0.2) is 46.0 Å². The first-order valence-corrected chi connectivity index (χ1v) is 5.42. The fourth-order valence-electron chi connectivity index (χ4n) is 1.22. The zero-order chi connectivity index (χ0) is 16.9. The third kappa shape index (κ3) is 4.01. The molecule has 118 valence electrons. The number of esters is 1. The van der Waals surface area contributed by atoms with Crippen LogP contribution in [0.3, 0.4) is 0 Å². The molecule has 0 amide bonds. The van der Waals surface area contributed by atoms with Gasteiger partial charge in [-0.1, -0.05) is 12.1 Å². The van der Waals surface area contributed by atoms with E-state index in [2.05, 4.69) is 15.0 Å². The Morgan fingerprint density at radius 2 is 1.95 bits per heavy atom. The smallest absolute Gasteiger partial charge is 0.451 e. The predicted molar refractivity (Wildman–Crippen MR) is 65.3 cm³/mol. The maximum absolute atomic E-state index is 12.4. The molecule has 22 heavy (non-hydrogen) atoms. The Morgan fingerprint density at radius 1 is 1.36 bits per heavy atom. The van der Waals surface area contributed by atoms with Gasteiger partial charge in [0, 0.05) is 6.07 Å². The Morgan fingerprint density at radius 3 is 2.45 bits per heavy atom. The topological polar surface area (TPSA) is 114 Å². The molecule has 0 bridgehead atoms. The number of rotatable bonds is 4. The van der Waals surface area contributed by atoms with Gasteiger partial charge in [-0.25, -0.2) is 4.79 Å². The number of hydrogen-bond acceptors (Lipinski definition) is 7. The predicted octanol–water partition coefficient (Wildman–Crippen LogP) is 3.18. The fourth-order valence-corrected chi connectivity index (χ4v) is 1.22. The number of carbonyl (C=O) groups is 1. The number of aliphatic hydroxyl groups excluding tert-OH is 1. The number of nitro groups is 1. The van der Waals surface area contributed by atoms with E-state index in [-0.39, 0.29) is 0 Å². The number of halogens is 3. The molecule has 1 aromatic rings. The van der Waals surface area contributed by atoms with Crippen LogP contribution >= 0.6 is 0 Å². The molecule has 1 aromatic carbocycles. The normalized spacial score (nSPS) is 12.9. The Balaban J connectivity index is 3.33. The number of azo groups is 1. The molecule has 8 nitrogen and oxygen atoms in total. The van der Waals surface area contributed by atoms with Crippen LogP contribution in [-0.2, 0) is 9.53 Å². The summed E-state index contributed by atoms with van der Waals surface area (Å²) < 4.78 is 41.3. The van der Waals surface area contributed by atoms with Gasteiger partial charge in [-0.05, 0) is 6.07 Å². The minimum atomic E-state index is -5.26. The second kappa shape index (κ2) is 6.65. The van der Waals surface area contributed by atoms with Gasteiger partial charge >= 0.3 is 12.1 Å². The van der Waals surface area contributed by atoms with E-state index in [1.807, 2.05) is 0 Å². The first kappa shape index (κ1) is 17.1. The van der Waals surface area contributed by atoms with Gasteiger partial charge in [0.05, 0.1) is 12.0 Å². The van der Waals surface area contributed by atoms with Crippen molar-refractivity contribution >= 4 is 17.3 Å². The highest BCUT2D eigenvalue weighted by Crippen LogP contribution is 2.30. The molecule has 11 heteroatoms. The van der Waals surface area contributed by atoms with Gasteiger partial charge in [0.1, 0.15) is 0 Å². The lowest BCUT2D eigenvalue weighted by molar-refractivity contribution is -0.384. The summed E-state index contributed by atoms with van der Waals surface area (Å²) in [7, 11) is 0.770. The number of para-hydroxylation sites is 1. The molecule has 0 atom stereocenters. The maximum atomic E-state index is 12.4. The van der Waals surface area contributed by atoms with Gasteiger partial charge in [-0.2, -0.15) is 13.2 Å². The molecule has 0 spiro atoms. The first-order chi connectivity index (χ1) is 10.2. The SMILES string of the molecule is COC(=O)C(N=Nc1ccccc1[N+](=O)[O-])=C(O)C(F)(F)F.